The molecular formula is C21H22FN4O4+. The maximum absolute atomic E-state index is 13.6. The van der Waals surface area contributed by atoms with Crippen molar-refractivity contribution < 1.29 is 18.7 Å². The molecule has 1 amide bonds. The number of fused-ring (bicyclic) bond motifs is 2. The van der Waals surface area contributed by atoms with E-state index in [0.29, 0.717) is 29.5 Å². The molecule has 1 aromatic carbocycles. The number of hydrogen-bond acceptors (Lipinski definition) is 5. The Morgan fingerprint density at radius 2 is 2.23 bits per heavy atom. The van der Waals surface area contributed by atoms with Crippen LogP contribution in [0.4, 0.5) is 4.39 Å². The number of H-pyrrole nitrogens is 1. The molecule has 0 saturated carbocycles. The number of nitrogens with one attached hydrogen (secondary N) is 2. The van der Waals surface area contributed by atoms with E-state index < -0.39 is 29.4 Å². The Morgan fingerprint density at radius 1 is 1.43 bits per heavy atom. The van der Waals surface area contributed by atoms with E-state index in [1.165, 1.54) is 18.2 Å². The van der Waals surface area contributed by atoms with Crippen LogP contribution in [-0.4, -0.2) is 47.5 Å². The van der Waals surface area contributed by atoms with Gasteiger partial charge in [0.1, 0.15) is 17.8 Å². The van der Waals surface area contributed by atoms with E-state index in [1.807, 2.05) is 0 Å². The SMILES string of the molecule is Cc1c(CC(=O)N[C@@H]2COCC3CC(C#N)C[N+](=O)C32)c(=O)[nH]c2ccc(F)cc12. The average Bonchev–Trinajstić information content (AvgIpc) is 2.71. The lowest BCUT2D eigenvalue weighted by Gasteiger charge is -2.36. The molecule has 30 heavy (non-hydrogen) atoms. The molecule has 4 rings (SSSR count). The number of aromatic nitrogens is 1. The summed E-state index contributed by atoms with van der Waals surface area (Å²) in [6.45, 7) is 2.37. The van der Waals surface area contributed by atoms with Crippen LogP contribution >= 0.6 is 0 Å². The summed E-state index contributed by atoms with van der Waals surface area (Å²) < 4.78 is 20.1. The zero-order valence-electron chi connectivity index (χ0n) is 16.5. The number of rotatable bonds is 3. The van der Waals surface area contributed by atoms with Gasteiger partial charge in [0.2, 0.25) is 18.5 Å². The highest BCUT2D eigenvalue weighted by molar-refractivity contribution is 5.85. The third-order valence-corrected chi connectivity index (χ3v) is 6.07. The largest absolute Gasteiger partial charge is 0.378 e. The van der Waals surface area contributed by atoms with Crippen LogP contribution in [0, 0.1) is 40.8 Å². The van der Waals surface area contributed by atoms with Crippen LogP contribution < -0.4 is 10.9 Å². The standard InChI is InChI=1S/C21H21FN4O4/c1-11-15-5-14(22)2-3-17(15)25-21(28)16(11)6-19(27)24-18-10-30-9-13-4-12(7-23)8-26(29)20(13)18/h2-3,5,12-13,18,20H,4,6,8-10H2,1H3,(H-,24,25,27,28)/p+1/t12?,13?,18-,20?/m1/s1. The van der Waals surface area contributed by atoms with E-state index in [2.05, 4.69) is 16.4 Å². The molecule has 0 radical (unpaired) electrons. The molecule has 0 bridgehead atoms. The number of nitriles is 1. The first-order valence-electron chi connectivity index (χ1n) is 9.89. The van der Waals surface area contributed by atoms with Crippen LogP contribution in [0.3, 0.4) is 0 Å². The number of pyridine rings is 1. The van der Waals surface area contributed by atoms with Crippen LogP contribution in [0.15, 0.2) is 23.0 Å². The Balaban J connectivity index is 1.53. The maximum Gasteiger partial charge on any atom is 0.252 e. The van der Waals surface area contributed by atoms with Crippen molar-refractivity contribution >= 4 is 16.8 Å². The molecule has 2 saturated heterocycles. The Hall–Kier alpha value is -3.12. The van der Waals surface area contributed by atoms with Gasteiger partial charge in [-0.15, -0.1) is 0 Å². The fourth-order valence-electron chi connectivity index (χ4n) is 4.61. The Morgan fingerprint density at radius 3 is 3.00 bits per heavy atom. The molecule has 2 N–H and O–H groups in total. The van der Waals surface area contributed by atoms with Crippen molar-refractivity contribution in [2.24, 2.45) is 11.8 Å². The Bertz CT molecular complexity index is 1120. The number of halogens is 1. The molecule has 4 atom stereocenters. The molecule has 9 heteroatoms. The Kier molecular flexibility index (Phi) is 5.35. The molecule has 0 spiro atoms. The number of carbonyl (C=O) groups excluding carboxylic acids is 1. The number of aryl methyl sites for hydroxylation is 1. The van der Waals surface area contributed by atoms with Gasteiger partial charge in [0.15, 0.2) is 0 Å². The molecule has 3 heterocycles. The number of piperidine rings is 1. The second kappa shape index (κ2) is 7.95. The minimum absolute atomic E-state index is 0.110. The van der Waals surface area contributed by atoms with E-state index in [-0.39, 0.29) is 37.0 Å². The second-order valence-corrected chi connectivity index (χ2v) is 8.05. The predicted octanol–water partition coefficient (Wildman–Crippen LogP) is 1.34. The molecule has 2 aliphatic heterocycles. The quantitative estimate of drug-likeness (QED) is 0.737. The van der Waals surface area contributed by atoms with E-state index in [4.69, 9.17) is 10.00 Å². The number of aromatic amines is 1. The summed E-state index contributed by atoms with van der Waals surface area (Å²) in [6, 6.07) is 5.23. The molecule has 0 aliphatic carbocycles. The average molecular weight is 413 g/mol. The third kappa shape index (κ3) is 3.71. The summed E-state index contributed by atoms with van der Waals surface area (Å²) in [5, 5.41) is 12.5. The normalized spacial score (nSPS) is 26.1. The smallest absolute Gasteiger partial charge is 0.252 e. The number of hydrogen-bond donors (Lipinski definition) is 2. The van der Waals surface area contributed by atoms with Gasteiger partial charge in [0.25, 0.3) is 5.56 Å². The molecule has 2 fully saturated rings. The van der Waals surface area contributed by atoms with Crippen molar-refractivity contribution in [3.05, 3.63) is 50.4 Å². The molecular weight excluding hydrogens is 391 g/mol. The number of nitroso groups, excluding NO2 is 1. The molecule has 1 aromatic heterocycles. The van der Waals surface area contributed by atoms with Crippen LogP contribution in [0.25, 0.3) is 10.9 Å². The van der Waals surface area contributed by atoms with Crippen molar-refractivity contribution in [2.75, 3.05) is 19.8 Å². The summed E-state index contributed by atoms with van der Waals surface area (Å²) in [5.41, 5.74) is 0.898. The fraction of sp³-hybridized carbons (Fsp3) is 0.476. The summed E-state index contributed by atoms with van der Waals surface area (Å²) in [5.74, 6) is -1.32. The zero-order chi connectivity index (χ0) is 21.4. The van der Waals surface area contributed by atoms with Crippen LogP contribution in [-0.2, 0) is 16.0 Å². The lowest BCUT2D eigenvalue weighted by molar-refractivity contribution is -0.617. The van der Waals surface area contributed by atoms with Crippen molar-refractivity contribution in [3.8, 4) is 6.07 Å². The van der Waals surface area contributed by atoms with Gasteiger partial charge in [0, 0.05) is 26.1 Å². The van der Waals surface area contributed by atoms with E-state index in [9.17, 15) is 18.9 Å². The number of amides is 1. The van der Waals surface area contributed by atoms with Crippen molar-refractivity contribution in [1.29, 1.82) is 5.26 Å². The minimum Gasteiger partial charge on any atom is -0.378 e. The first-order chi connectivity index (χ1) is 14.4. The summed E-state index contributed by atoms with van der Waals surface area (Å²) >= 11 is 0. The molecule has 2 aromatic rings. The molecule has 2 aliphatic rings. The Labute approximate surface area is 171 Å². The summed E-state index contributed by atoms with van der Waals surface area (Å²) in [4.78, 5) is 40.4. The topological polar surface area (TPSA) is 115 Å². The first kappa shape index (κ1) is 20.2. The van der Waals surface area contributed by atoms with Crippen molar-refractivity contribution in [3.63, 3.8) is 0 Å². The van der Waals surface area contributed by atoms with Crippen LogP contribution in [0.1, 0.15) is 17.5 Å². The van der Waals surface area contributed by atoms with Gasteiger partial charge in [-0.05, 0) is 37.1 Å². The maximum atomic E-state index is 13.6. The first-order valence-corrected chi connectivity index (χ1v) is 9.89. The molecule has 156 valence electrons. The van der Waals surface area contributed by atoms with Gasteiger partial charge in [0.05, 0.1) is 31.6 Å². The highest BCUT2D eigenvalue weighted by Gasteiger charge is 2.50. The van der Waals surface area contributed by atoms with Gasteiger partial charge < -0.3 is 15.0 Å². The number of carbonyl (C=O) groups is 1. The van der Waals surface area contributed by atoms with E-state index in [0.717, 1.165) is 4.76 Å². The molecule has 3 unspecified atom stereocenters. The summed E-state index contributed by atoms with van der Waals surface area (Å²) in [7, 11) is 0. The van der Waals surface area contributed by atoms with Gasteiger partial charge in [-0.2, -0.15) is 5.26 Å². The zero-order valence-corrected chi connectivity index (χ0v) is 16.5. The lowest BCUT2D eigenvalue weighted by atomic mass is 9.81. The highest BCUT2D eigenvalue weighted by atomic mass is 19.1. The van der Waals surface area contributed by atoms with Gasteiger partial charge in [-0.3, -0.25) is 9.59 Å². The fourth-order valence-corrected chi connectivity index (χ4v) is 4.61. The monoisotopic (exact) mass is 413 g/mol. The summed E-state index contributed by atoms with van der Waals surface area (Å²) in [6.07, 6.45) is 0.364. The van der Waals surface area contributed by atoms with Gasteiger partial charge >= 0.3 is 0 Å². The second-order valence-electron chi connectivity index (χ2n) is 8.05. The number of nitrogens with zero attached hydrogens (tertiary/aromatic N) is 2. The number of ether oxygens (including phenoxy) is 1. The van der Waals surface area contributed by atoms with E-state index >= 15 is 0 Å². The van der Waals surface area contributed by atoms with Crippen molar-refractivity contribution in [1.82, 2.24) is 10.3 Å². The lowest BCUT2D eigenvalue weighted by Crippen LogP contribution is -2.60. The molecule has 8 nitrogen and oxygen atoms in total. The van der Waals surface area contributed by atoms with Gasteiger partial charge in [-0.1, -0.05) is 0 Å². The van der Waals surface area contributed by atoms with E-state index in [1.54, 1.807) is 6.92 Å². The predicted molar refractivity (Wildman–Crippen MR) is 105 cm³/mol. The van der Waals surface area contributed by atoms with Crippen LogP contribution in [0.2, 0.25) is 0 Å². The number of benzene rings is 1. The van der Waals surface area contributed by atoms with Crippen LogP contribution in [0.5, 0.6) is 0 Å². The van der Waals surface area contributed by atoms with Crippen molar-refractivity contribution in [2.45, 2.75) is 31.8 Å². The third-order valence-electron chi connectivity index (χ3n) is 6.07. The minimum atomic E-state index is -0.523. The highest BCUT2D eigenvalue weighted by Crippen LogP contribution is 2.30. The van der Waals surface area contributed by atoms with Gasteiger partial charge in [-0.25, -0.2) is 4.39 Å².